The van der Waals surface area contributed by atoms with Crippen molar-refractivity contribution < 1.29 is 23.9 Å². The van der Waals surface area contributed by atoms with Gasteiger partial charge in [-0.1, -0.05) is 30.3 Å². The molecule has 1 saturated heterocycles. The van der Waals surface area contributed by atoms with Crippen LogP contribution in [-0.4, -0.2) is 48.0 Å². The number of esters is 2. The second-order valence-corrected chi connectivity index (χ2v) is 5.28. The molecule has 0 saturated carbocycles. The van der Waals surface area contributed by atoms with Gasteiger partial charge in [0, 0.05) is 19.9 Å². The van der Waals surface area contributed by atoms with Gasteiger partial charge in [-0.3, -0.25) is 14.4 Å². The minimum atomic E-state index is -0.634. The molecule has 1 fully saturated rings. The van der Waals surface area contributed by atoms with E-state index < -0.39 is 24.1 Å². The number of hydrogen-bond acceptors (Lipinski definition) is 5. The van der Waals surface area contributed by atoms with E-state index >= 15 is 0 Å². The molecular weight excluding hydrogens is 298 g/mol. The normalized spacial score (nSPS) is 20.5. The van der Waals surface area contributed by atoms with Crippen LogP contribution in [0.2, 0.25) is 0 Å². The predicted molar refractivity (Wildman–Crippen MR) is 83.2 cm³/mol. The summed E-state index contributed by atoms with van der Waals surface area (Å²) < 4.78 is 10.3. The maximum atomic E-state index is 12.2. The fourth-order valence-electron chi connectivity index (χ4n) is 2.41. The number of nitrogens with zero attached hydrogens (tertiary/aromatic N) is 1. The maximum Gasteiger partial charge on any atom is 0.303 e. The van der Waals surface area contributed by atoms with Crippen LogP contribution >= 0.6 is 0 Å². The number of carbonyl (C=O) groups is 3. The van der Waals surface area contributed by atoms with Crippen LogP contribution in [0.1, 0.15) is 19.4 Å². The molecule has 1 aliphatic rings. The van der Waals surface area contributed by atoms with Gasteiger partial charge in [0.2, 0.25) is 5.91 Å². The molecule has 1 aromatic carbocycles. The molecule has 6 heteroatoms. The highest BCUT2D eigenvalue weighted by atomic mass is 16.6. The molecule has 6 nitrogen and oxygen atoms in total. The molecule has 0 radical (unpaired) electrons. The Morgan fingerprint density at radius 3 is 2.00 bits per heavy atom. The van der Waals surface area contributed by atoms with Gasteiger partial charge >= 0.3 is 11.9 Å². The molecule has 0 bridgehead atoms. The Kier molecular flexibility index (Phi) is 5.51. The minimum Gasteiger partial charge on any atom is -0.457 e. The second-order valence-electron chi connectivity index (χ2n) is 5.28. The zero-order chi connectivity index (χ0) is 16.8. The zero-order valence-corrected chi connectivity index (χ0v) is 13.1. The van der Waals surface area contributed by atoms with E-state index in [2.05, 4.69) is 0 Å². The van der Waals surface area contributed by atoms with E-state index in [1.54, 1.807) is 6.08 Å². The second kappa shape index (κ2) is 7.58. The third kappa shape index (κ3) is 4.95. The van der Waals surface area contributed by atoms with Gasteiger partial charge in [-0.25, -0.2) is 0 Å². The van der Waals surface area contributed by atoms with Gasteiger partial charge in [-0.2, -0.15) is 0 Å². The van der Waals surface area contributed by atoms with Crippen LogP contribution in [0.15, 0.2) is 36.4 Å². The van der Waals surface area contributed by atoms with Crippen molar-refractivity contribution in [3.05, 3.63) is 42.0 Å². The molecule has 0 N–H and O–H groups in total. The third-order valence-corrected chi connectivity index (χ3v) is 3.38. The molecular formula is C17H19NO5. The Labute approximate surface area is 134 Å². The summed E-state index contributed by atoms with van der Waals surface area (Å²) in [4.78, 5) is 36.0. The molecule has 23 heavy (non-hydrogen) atoms. The van der Waals surface area contributed by atoms with Crippen LogP contribution in [-0.2, 0) is 23.9 Å². The Hall–Kier alpha value is -2.63. The van der Waals surface area contributed by atoms with Gasteiger partial charge in [-0.15, -0.1) is 0 Å². The summed E-state index contributed by atoms with van der Waals surface area (Å²) in [6.07, 6.45) is 1.90. The number of amides is 1. The maximum absolute atomic E-state index is 12.2. The first-order valence-corrected chi connectivity index (χ1v) is 7.32. The van der Waals surface area contributed by atoms with E-state index in [-0.39, 0.29) is 19.0 Å². The van der Waals surface area contributed by atoms with Crippen molar-refractivity contribution in [1.29, 1.82) is 0 Å². The van der Waals surface area contributed by atoms with Crippen molar-refractivity contribution in [2.75, 3.05) is 13.1 Å². The van der Waals surface area contributed by atoms with Gasteiger partial charge in [0.15, 0.2) is 12.2 Å². The van der Waals surface area contributed by atoms with Crippen molar-refractivity contribution in [2.45, 2.75) is 26.1 Å². The van der Waals surface area contributed by atoms with E-state index in [9.17, 15) is 14.4 Å². The average molecular weight is 317 g/mol. The lowest BCUT2D eigenvalue weighted by molar-refractivity contribution is -0.160. The van der Waals surface area contributed by atoms with Crippen molar-refractivity contribution in [3.63, 3.8) is 0 Å². The lowest BCUT2D eigenvalue weighted by Crippen LogP contribution is -2.32. The highest BCUT2D eigenvalue weighted by Gasteiger charge is 2.38. The number of carbonyl (C=O) groups excluding carboxylic acids is 3. The van der Waals surface area contributed by atoms with Gasteiger partial charge in [0.05, 0.1) is 13.1 Å². The number of rotatable bonds is 4. The molecule has 122 valence electrons. The predicted octanol–water partition coefficient (Wildman–Crippen LogP) is 1.41. The first-order chi connectivity index (χ1) is 11.0. The number of benzene rings is 1. The summed E-state index contributed by atoms with van der Waals surface area (Å²) >= 11 is 0. The van der Waals surface area contributed by atoms with E-state index in [4.69, 9.17) is 9.47 Å². The Bertz CT molecular complexity index is 587. The summed E-state index contributed by atoms with van der Waals surface area (Å²) in [5.74, 6) is -1.16. The number of hydrogen-bond donors (Lipinski definition) is 0. The SMILES string of the molecule is CC(=O)O[C@H]1CN(C(=O)/C=C\c2ccccc2)C[C@H]1OC(C)=O. The van der Waals surface area contributed by atoms with Crippen LogP contribution in [0, 0.1) is 0 Å². The minimum absolute atomic E-state index is 0.204. The van der Waals surface area contributed by atoms with E-state index in [1.807, 2.05) is 30.3 Å². The largest absolute Gasteiger partial charge is 0.457 e. The highest BCUT2D eigenvalue weighted by Crippen LogP contribution is 2.18. The summed E-state index contributed by atoms with van der Waals surface area (Å²) in [5.41, 5.74) is 0.910. The third-order valence-electron chi connectivity index (χ3n) is 3.38. The summed E-state index contributed by atoms with van der Waals surface area (Å²) in [6.45, 7) is 2.97. The Balaban J connectivity index is 2.02. The molecule has 0 spiro atoms. The van der Waals surface area contributed by atoms with E-state index in [1.165, 1.54) is 24.8 Å². The molecule has 2 rings (SSSR count). The smallest absolute Gasteiger partial charge is 0.303 e. The van der Waals surface area contributed by atoms with Gasteiger partial charge in [0.1, 0.15) is 0 Å². The van der Waals surface area contributed by atoms with Crippen molar-refractivity contribution in [1.82, 2.24) is 4.90 Å². The first-order valence-electron chi connectivity index (χ1n) is 7.32. The van der Waals surface area contributed by atoms with E-state index in [0.29, 0.717) is 0 Å². The molecule has 0 aliphatic carbocycles. The van der Waals surface area contributed by atoms with Gasteiger partial charge < -0.3 is 14.4 Å². The average Bonchev–Trinajstić information content (AvgIpc) is 2.87. The molecule has 1 amide bonds. The van der Waals surface area contributed by atoms with Crippen molar-refractivity contribution >= 4 is 23.9 Å². The molecule has 0 aromatic heterocycles. The van der Waals surface area contributed by atoms with Crippen LogP contribution in [0.4, 0.5) is 0 Å². The quantitative estimate of drug-likeness (QED) is 0.620. The Morgan fingerprint density at radius 2 is 1.52 bits per heavy atom. The molecule has 1 aromatic rings. The van der Waals surface area contributed by atoms with Gasteiger partial charge in [-0.05, 0) is 11.6 Å². The molecule has 0 unspecified atom stereocenters. The van der Waals surface area contributed by atoms with Crippen LogP contribution in [0.3, 0.4) is 0 Å². The molecule has 1 heterocycles. The van der Waals surface area contributed by atoms with Crippen LogP contribution in [0.5, 0.6) is 0 Å². The fraction of sp³-hybridized carbons (Fsp3) is 0.353. The topological polar surface area (TPSA) is 72.9 Å². The number of ether oxygens (including phenoxy) is 2. The molecule has 1 aliphatic heterocycles. The van der Waals surface area contributed by atoms with Crippen LogP contribution in [0.25, 0.3) is 6.08 Å². The summed E-state index contributed by atoms with van der Waals surface area (Å²) in [6, 6.07) is 9.43. The van der Waals surface area contributed by atoms with Crippen molar-refractivity contribution in [2.24, 2.45) is 0 Å². The van der Waals surface area contributed by atoms with Gasteiger partial charge in [0.25, 0.3) is 0 Å². The lowest BCUT2D eigenvalue weighted by atomic mass is 10.2. The fourth-order valence-corrected chi connectivity index (χ4v) is 2.41. The number of likely N-dealkylation sites (tertiary alicyclic amines) is 1. The highest BCUT2D eigenvalue weighted by molar-refractivity contribution is 5.92. The lowest BCUT2D eigenvalue weighted by Gasteiger charge is -2.17. The first kappa shape index (κ1) is 16.7. The van der Waals surface area contributed by atoms with Crippen LogP contribution < -0.4 is 0 Å². The molecule has 2 atom stereocenters. The standard InChI is InChI=1S/C17H19NO5/c1-12(19)22-15-10-18(11-16(15)23-13(2)20)17(21)9-8-14-6-4-3-5-7-14/h3-9,15-16H,10-11H2,1-2H3/b9-8-/t15-,16+. The van der Waals surface area contributed by atoms with Crippen molar-refractivity contribution in [3.8, 4) is 0 Å². The zero-order valence-electron chi connectivity index (χ0n) is 13.1. The Morgan fingerprint density at radius 1 is 1.00 bits per heavy atom. The summed E-state index contributed by atoms with van der Waals surface area (Å²) in [7, 11) is 0. The monoisotopic (exact) mass is 317 g/mol. The summed E-state index contributed by atoms with van der Waals surface area (Å²) in [5, 5.41) is 0. The van der Waals surface area contributed by atoms with E-state index in [0.717, 1.165) is 5.56 Å².